The van der Waals surface area contributed by atoms with Gasteiger partial charge in [-0.3, -0.25) is 0 Å². The van der Waals surface area contributed by atoms with Gasteiger partial charge in [-0.25, -0.2) is 9.78 Å². The fourth-order valence-corrected chi connectivity index (χ4v) is 1.04. The van der Waals surface area contributed by atoms with Gasteiger partial charge in [0.25, 0.3) is 0 Å². The molecule has 0 bridgehead atoms. The van der Waals surface area contributed by atoms with Crippen LogP contribution in [0.25, 0.3) is 0 Å². The lowest BCUT2D eigenvalue weighted by atomic mass is 10.2. The topological polar surface area (TPSA) is 70.4 Å². The van der Waals surface area contributed by atoms with Crippen LogP contribution in [0.4, 0.5) is 13.2 Å². The molecule has 92 valence electrons. The quantitative estimate of drug-likeness (QED) is 0.634. The van der Waals surface area contributed by atoms with Gasteiger partial charge in [-0.1, -0.05) is 6.07 Å². The summed E-state index contributed by atoms with van der Waals surface area (Å²) in [5.41, 5.74) is -1.04. The SMILES string of the molecule is O=C(O)C(O)=CCc1cccc(C(F)(F)F)n1. The van der Waals surface area contributed by atoms with Crippen molar-refractivity contribution in [2.75, 3.05) is 0 Å². The molecule has 4 nitrogen and oxygen atoms in total. The van der Waals surface area contributed by atoms with Gasteiger partial charge in [-0.05, 0) is 18.2 Å². The molecule has 0 spiro atoms. The Hall–Kier alpha value is -2.05. The molecule has 0 saturated heterocycles. The van der Waals surface area contributed by atoms with Gasteiger partial charge in [0.2, 0.25) is 0 Å². The van der Waals surface area contributed by atoms with Crippen molar-refractivity contribution in [2.24, 2.45) is 0 Å². The van der Waals surface area contributed by atoms with Crippen molar-refractivity contribution in [3.05, 3.63) is 41.4 Å². The number of carboxylic acid groups (broad SMARTS) is 1. The summed E-state index contributed by atoms with van der Waals surface area (Å²) in [6.07, 6.45) is -3.86. The maximum atomic E-state index is 12.3. The van der Waals surface area contributed by atoms with Crippen LogP contribution in [0, 0.1) is 0 Å². The van der Waals surface area contributed by atoms with E-state index in [9.17, 15) is 18.0 Å². The fourth-order valence-electron chi connectivity index (χ4n) is 1.04. The number of allylic oxidation sites excluding steroid dienone is 1. The van der Waals surface area contributed by atoms with Gasteiger partial charge in [-0.15, -0.1) is 0 Å². The van der Waals surface area contributed by atoms with Crippen molar-refractivity contribution in [3.8, 4) is 0 Å². The Kier molecular flexibility index (Phi) is 3.72. The molecule has 0 saturated carbocycles. The van der Waals surface area contributed by atoms with Gasteiger partial charge in [0.15, 0.2) is 5.76 Å². The second-order valence-corrected chi connectivity index (χ2v) is 3.11. The van der Waals surface area contributed by atoms with Gasteiger partial charge in [0.05, 0.1) is 0 Å². The van der Waals surface area contributed by atoms with Crippen molar-refractivity contribution in [1.29, 1.82) is 0 Å². The Bertz CT molecular complexity index is 454. The highest BCUT2D eigenvalue weighted by molar-refractivity contribution is 5.83. The summed E-state index contributed by atoms with van der Waals surface area (Å²) in [6.45, 7) is 0. The first-order chi connectivity index (χ1) is 7.80. The minimum absolute atomic E-state index is 0.0209. The molecule has 1 heterocycles. The molecule has 1 aromatic heterocycles. The van der Waals surface area contributed by atoms with Gasteiger partial charge < -0.3 is 10.2 Å². The van der Waals surface area contributed by atoms with Crippen LogP contribution in [0.15, 0.2) is 30.0 Å². The number of rotatable bonds is 3. The largest absolute Gasteiger partial charge is 0.502 e. The van der Waals surface area contributed by atoms with E-state index in [1.54, 1.807) is 0 Å². The van der Waals surface area contributed by atoms with Crippen molar-refractivity contribution >= 4 is 5.97 Å². The number of pyridine rings is 1. The molecule has 0 fully saturated rings. The molecule has 0 amide bonds. The van der Waals surface area contributed by atoms with Crippen molar-refractivity contribution in [2.45, 2.75) is 12.6 Å². The zero-order valence-electron chi connectivity index (χ0n) is 8.40. The third-order valence-electron chi connectivity index (χ3n) is 1.82. The van der Waals surface area contributed by atoms with Crippen molar-refractivity contribution in [1.82, 2.24) is 4.98 Å². The molecule has 0 atom stereocenters. The third-order valence-corrected chi connectivity index (χ3v) is 1.82. The van der Waals surface area contributed by atoms with E-state index in [1.807, 2.05) is 0 Å². The number of nitrogens with zero attached hydrogens (tertiary/aromatic N) is 1. The summed E-state index contributed by atoms with van der Waals surface area (Å²) in [4.78, 5) is 13.5. The molecule has 0 radical (unpaired) electrons. The lowest BCUT2D eigenvalue weighted by Gasteiger charge is -2.06. The minimum Gasteiger partial charge on any atom is -0.502 e. The van der Waals surface area contributed by atoms with Crippen LogP contribution in [0.3, 0.4) is 0 Å². The maximum absolute atomic E-state index is 12.3. The minimum atomic E-state index is -4.55. The Morgan fingerprint density at radius 1 is 1.35 bits per heavy atom. The predicted octanol–water partition coefficient (Wildman–Crippen LogP) is 2.17. The van der Waals surface area contributed by atoms with E-state index in [0.29, 0.717) is 0 Å². The molecule has 0 aliphatic heterocycles. The average Bonchev–Trinajstić information content (AvgIpc) is 2.25. The Balaban J connectivity index is 2.87. The van der Waals surface area contributed by atoms with Crippen molar-refractivity contribution in [3.63, 3.8) is 0 Å². The number of aliphatic hydroxyl groups is 1. The van der Waals surface area contributed by atoms with E-state index in [4.69, 9.17) is 10.2 Å². The number of aromatic nitrogens is 1. The molecular weight excluding hydrogens is 239 g/mol. The van der Waals surface area contributed by atoms with E-state index in [2.05, 4.69) is 4.98 Å². The van der Waals surface area contributed by atoms with Crippen LogP contribution in [0.1, 0.15) is 11.4 Å². The van der Waals surface area contributed by atoms with Gasteiger partial charge >= 0.3 is 12.1 Å². The van der Waals surface area contributed by atoms with Crippen molar-refractivity contribution < 1.29 is 28.2 Å². The van der Waals surface area contributed by atoms with E-state index in [1.165, 1.54) is 6.07 Å². The predicted molar refractivity (Wildman–Crippen MR) is 51.3 cm³/mol. The van der Waals surface area contributed by atoms with E-state index in [0.717, 1.165) is 18.2 Å². The van der Waals surface area contributed by atoms with E-state index in [-0.39, 0.29) is 12.1 Å². The van der Waals surface area contributed by atoms with E-state index < -0.39 is 23.6 Å². The van der Waals surface area contributed by atoms with Gasteiger partial charge in [0.1, 0.15) is 5.69 Å². The van der Waals surface area contributed by atoms with Crippen LogP contribution < -0.4 is 0 Å². The number of aliphatic carboxylic acids is 1. The molecular formula is C10H8F3NO3. The normalized spacial score (nSPS) is 12.5. The molecule has 7 heteroatoms. The first-order valence-corrected chi connectivity index (χ1v) is 4.46. The molecule has 0 unspecified atom stereocenters. The zero-order chi connectivity index (χ0) is 13.1. The van der Waals surface area contributed by atoms with Crippen LogP contribution in [0.5, 0.6) is 0 Å². The summed E-state index contributed by atoms with van der Waals surface area (Å²) in [5.74, 6) is -2.47. The number of carboxylic acids is 1. The number of alkyl halides is 3. The summed E-state index contributed by atoms with van der Waals surface area (Å²) < 4.78 is 36.8. The molecule has 17 heavy (non-hydrogen) atoms. The summed E-state index contributed by atoms with van der Waals surface area (Å²) in [6, 6.07) is 3.28. The standard InChI is InChI=1S/C10H8F3NO3/c11-10(12,13)8-3-1-2-6(14-8)4-5-7(15)9(16)17/h1-3,5,15H,4H2,(H,16,17). The number of hydrogen-bond donors (Lipinski definition) is 2. The van der Waals surface area contributed by atoms with Crippen LogP contribution >= 0.6 is 0 Å². The van der Waals surface area contributed by atoms with Crippen LogP contribution in [-0.4, -0.2) is 21.2 Å². The Labute approximate surface area is 94.0 Å². The summed E-state index contributed by atoms with van der Waals surface area (Å²) in [5, 5.41) is 17.2. The smallest absolute Gasteiger partial charge is 0.433 e. The molecule has 2 N–H and O–H groups in total. The Morgan fingerprint density at radius 2 is 2.00 bits per heavy atom. The highest BCUT2D eigenvalue weighted by Gasteiger charge is 2.32. The number of halogens is 3. The van der Waals surface area contributed by atoms with Crippen LogP contribution in [0.2, 0.25) is 0 Å². The number of carbonyl (C=O) groups is 1. The highest BCUT2D eigenvalue weighted by Crippen LogP contribution is 2.27. The maximum Gasteiger partial charge on any atom is 0.433 e. The molecule has 0 aliphatic rings. The Morgan fingerprint density at radius 3 is 2.53 bits per heavy atom. The molecule has 1 rings (SSSR count). The average molecular weight is 247 g/mol. The second-order valence-electron chi connectivity index (χ2n) is 3.11. The summed E-state index contributed by atoms with van der Waals surface area (Å²) >= 11 is 0. The number of aliphatic hydroxyl groups excluding tert-OH is 1. The summed E-state index contributed by atoms with van der Waals surface area (Å²) in [7, 11) is 0. The zero-order valence-corrected chi connectivity index (χ0v) is 8.40. The monoisotopic (exact) mass is 247 g/mol. The first kappa shape index (κ1) is 13.0. The van der Waals surface area contributed by atoms with Gasteiger partial charge in [0, 0.05) is 12.1 Å². The lowest BCUT2D eigenvalue weighted by Crippen LogP contribution is -2.09. The second kappa shape index (κ2) is 4.86. The number of hydrogen-bond acceptors (Lipinski definition) is 3. The first-order valence-electron chi connectivity index (χ1n) is 4.46. The lowest BCUT2D eigenvalue weighted by molar-refractivity contribution is -0.141. The van der Waals surface area contributed by atoms with E-state index >= 15 is 0 Å². The molecule has 0 aromatic carbocycles. The van der Waals surface area contributed by atoms with Crippen LogP contribution in [-0.2, 0) is 17.4 Å². The molecule has 0 aliphatic carbocycles. The highest BCUT2D eigenvalue weighted by atomic mass is 19.4. The molecule has 1 aromatic rings. The fraction of sp³-hybridized carbons (Fsp3) is 0.200. The van der Waals surface area contributed by atoms with Gasteiger partial charge in [-0.2, -0.15) is 13.2 Å². The third kappa shape index (κ3) is 3.78.